The van der Waals surface area contributed by atoms with Crippen molar-refractivity contribution in [3.05, 3.63) is 5.01 Å². The molecule has 0 radical (unpaired) electrons. The summed E-state index contributed by atoms with van der Waals surface area (Å²) in [5, 5.41) is 15.8. The monoisotopic (exact) mass is 240 g/mol. The maximum atomic E-state index is 11.3. The molecule has 6 heteroatoms. The summed E-state index contributed by atoms with van der Waals surface area (Å²) in [5.41, 5.74) is 0. The quantitative estimate of drug-likeness (QED) is 0.736. The van der Waals surface area contributed by atoms with E-state index in [0.717, 1.165) is 35.9 Å². The van der Waals surface area contributed by atoms with Crippen LogP contribution in [0, 0.1) is 6.92 Å². The van der Waals surface area contributed by atoms with Crippen molar-refractivity contribution in [2.45, 2.75) is 38.6 Å². The molecule has 1 saturated carbocycles. The second-order valence-corrected chi connectivity index (χ2v) is 5.18. The van der Waals surface area contributed by atoms with Gasteiger partial charge in [-0.05, 0) is 26.2 Å². The van der Waals surface area contributed by atoms with Gasteiger partial charge in [0.2, 0.25) is 11.0 Å². The van der Waals surface area contributed by atoms with E-state index in [-0.39, 0.29) is 5.91 Å². The second-order valence-electron chi connectivity index (χ2n) is 4.00. The van der Waals surface area contributed by atoms with Crippen molar-refractivity contribution in [2.75, 3.05) is 11.9 Å². The molecule has 0 bridgehead atoms. The van der Waals surface area contributed by atoms with E-state index in [4.69, 9.17) is 0 Å². The van der Waals surface area contributed by atoms with Gasteiger partial charge < -0.3 is 10.6 Å². The average molecular weight is 240 g/mol. The van der Waals surface area contributed by atoms with Crippen molar-refractivity contribution in [3.63, 3.8) is 0 Å². The highest BCUT2D eigenvalue weighted by molar-refractivity contribution is 7.15. The highest BCUT2D eigenvalue weighted by Gasteiger charge is 2.22. The standard InChI is InChI=1S/C10H16N4OS/c1-7-13-14-10(16-7)11-6-2-3-9(15)12-8-4-5-8/h8H,2-6H2,1H3,(H,11,14)(H,12,15). The highest BCUT2D eigenvalue weighted by Crippen LogP contribution is 2.18. The van der Waals surface area contributed by atoms with Gasteiger partial charge in [-0.25, -0.2) is 0 Å². The molecular weight excluding hydrogens is 224 g/mol. The SMILES string of the molecule is Cc1nnc(NCCCC(=O)NC2CC2)s1. The minimum absolute atomic E-state index is 0.165. The first kappa shape index (κ1) is 11.3. The molecule has 0 spiro atoms. The first-order valence-electron chi connectivity index (χ1n) is 5.57. The van der Waals surface area contributed by atoms with E-state index < -0.39 is 0 Å². The number of hydrogen-bond acceptors (Lipinski definition) is 5. The summed E-state index contributed by atoms with van der Waals surface area (Å²) in [6.45, 7) is 2.69. The van der Waals surface area contributed by atoms with Gasteiger partial charge in [0.25, 0.3) is 0 Å². The third kappa shape index (κ3) is 3.77. The van der Waals surface area contributed by atoms with Gasteiger partial charge >= 0.3 is 0 Å². The molecule has 5 nitrogen and oxygen atoms in total. The predicted molar refractivity (Wildman–Crippen MR) is 63.5 cm³/mol. The number of amides is 1. The molecule has 2 N–H and O–H groups in total. The average Bonchev–Trinajstić information content (AvgIpc) is 2.95. The molecule has 1 amide bonds. The van der Waals surface area contributed by atoms with E-state index in [9.17, 15) is 4.79 Å². The van der Waals surface area contributed by atoms with E-state index in [1.54, 1.807) is 0 Å². The van der Waals surface area contributed by atoms with Crippen LogP contribution in [-0.2, 0) is 4.79 Å². The van der Waals surface area contributed by atoms with Crippen LogP contribution in [0.1, 0.15) is 30.7 Å². The van der Waals surface area contributed by atoms with Crippen molar-refractivity contribution in [1.29, 1.82) is 0 Å². The van der Waals surface area contributed by atoms with Crippen molar-refractivity contribution >= 4 is 22.4 Å². The van der Waals surface area contributed by atoms with Crippen molar-refractivity contribution in [1.82, 2.24) is 15.5 Å². The molecule has 0 aliphatic heterocycles. The third-order valence-corrected chi connectivity index (χ3v) is 3.12. The summed E-state index contributed by atoms with van der Waals surface area (Å²) in [4.78, 5) is 11.3. The number of carbonyl (C=O) groups excluding carboxylic acids is 1. The Morgan fingerprint density at radius 3 is 2.94 bits per heavy atom. The molecule has 1 aromatic rings. The Kier molecular flexibility index (Phi) is 3.71. The molecule has 1 aliphatic rings. The zero-order valence-corrected chi connectivity index (χ0v) is 10.1. The number of carbonyl (C=O) groups is 1. The number of nitrogens with one attached hydrogen (secondary N) is 2. The summed E-state index contributed by atoms with van der Waals surface area (Å²) in [7, 11) is 0. The maximum Gasteiger partial charge on any atom is 0.220 e. The first-order chi connectivity index (χ1) is 7.74. The van der Waals surface area contributed by atoms with Gasteiger partial charge in [0.15, 0.2) is 0 Å². The van der Waals surface area contributed by atoms with E-state index in [2.05, 4.69) is 20.8 Å². The smallest absolute Gasteiger partial charge is 0.220 e. The molecule has 2 rings (SSSR count). The summed E-state index contributed by atoms with van der Waals surface area (Å²) >= 11 is 1.53. The Morgan fingerprint density at radius 1 is 1.50 bits per heavy atom. The molecule has 1 heterocycles. The zero-order chi connectivity index (χ0) is 11.4. The van der Waals surface area contributed by atoms with Crippen molar-refractivity contribution in [3.8, 4) is 0 Å². The van der Waals surface area contributed by atoms with Crippen LogP contribution in [0.3, 0.4) is 0 Å². The van der Waals surface area contributed by atoms with Gasteiger partial charge in [0, 0.05) is 19.0 Å². The molecule has 16 heavy (non-hydrogen) atoms. The first-order valence-corrected chi connectivity index (χ1v) is 6.39. The second kappa shape index (κ2) is 5.25. The molecule has 0 saturated heterocycles. The summed E-state index contributed by atoms with van der Waals surface area (Å²) < 4.78 is 0. The number of anilines is 1. The summed E-state index contributed by atoms with van der Waals surface area (Å²) in [6.07, 6.45) is 3.71. The van der Waals surface area contributed by atoms with Crippen LogP contribution in [0.4, 0.5) is 5.13 Å². The van der Waals surface area contributed by atoms with Gasteiger partial charge in [0.1, 0.15) is 5.01 Å². The third-order valence-electron chi connectivity index (χ3n) is 2.33. The lowest BCUT2D eigenvalue weighted by Gasteiger charge is -2.03. The van der Waals surface area contributed by atoms with Crippen LogP contribution in [0.2, 0.25) is 0 Å². The lowest BCUT2D eigenvalue weighted by molar-refractivity contribution is -0.121. The van der Waals surface area contributed by atoms with Crippen LogP contribution in [-0.4, -0.2) is 28.7 Å². The van der Waals surface area contributed by atoms with Gasteiger partial charge in [-0.3, -0.25) is 4.79 Å². The van der Waals surface area contributed by atoms with E-state index >= 15 is 0 Å². The van der Waals surface area contributed by atoms with E-state index in [1.165, 1.54) is 11.3 Å². The largest absolute Gasteiger partial charge is 0.360 e. The number of hydrogen-bond donors (Lipinski definition) is 2. The van der Waals surface area contributed by atoms with Gasteiger partial charge in [-0.1, -0.05) is 11.3 Å². The van der Waals surface area contributed by atoms with Crippen LogP contribution in [0.15, 0.2) is 0 Å². The fourth-order valence-corrected chi connectivity index (χ4v) is 1.96. The lowest BCUT2D eigenvalue weighted by Crippen LogP contribution is -2.25. The van der Waals surface area contributed by atoms with Crippen LogP contribution in [0.25, 0.3) is 0 Å². The van der Waals surface area contributed by atoms with E-state index in [1.807, 2.05) is 6.92 Å². The number of aryl methyl sites for hydroxylation is 1. The minimum Gasteiger partial charge on any atom is -0.360 e. The molecule has 0 aromatic carbocycles. The molecule has 0 atom stereocenters. The topological polar surface area (TPSA) is 66.9 Å². The number of aromatic nitrogens is 2. The normalized spacial score (nSPS) is 14.8. The van der Waals surface area contributed by atoms with E-state index in [0.29, 0.717) is 12.5 Å². The molecule has 88 valence electrons. The Balaban J connectivity index is 1.55. The van der Waals surface area contributed by atoms with Gasteiger partial charge in [0.05, 0.1) is 0 Å². The molecule has 0 unspecified atom stereocenters. The molecular formula is C10H16N4OS. The Labute approximate surface area is 98.7 Å². The number of nitrogens with zero attached hydrogens (tertiary/aromatic N) is 2. The lowest BCUT2D eigenvalue weighted by atomic mass is 10.3. The van der Waals surface area contributed by atoms with Crippen molar-refractivity contribution in [2.24, 2.45) is 0 Å². The van der Waals surface area contributed by atoms with Crippen molar-refractivity contribution < 1.29 is 4.79 Å². The van der Waals surface area contributed by atoms with Gasteiger partial charge in [-0.2, -0.15) is 0 Å². The molecule has 1 fully saturated rings. The minimum atomic E-state index is 0.165. The van der Waals surface area contributed by atoms with Gasteiger partial charge in [-0.15, -0.1) is 10.2 Å². The summed E-state index contributed by atoms with van der Waals surface area (Å²) in [6, 6.07) is 0.464. The molecule has 1 aromatic heterocycles. The maximum absolute atomic E-state index is 11.3. The van der Waals surface area contributed by atoms with Crippen LogP contribution in [0.5, 0.6) is 0 Å². The Bertz CT molecular complexity index is 361. The Morgan fingerprint density at radius 2 is 2.31 bits per heavy atom. The fourth-order valence-electron chi connectivity index (χ4n) is 1.34. The zero-order valence-electron chi connectivity index (χ0n) is 9.32. The Hall–Kier alpha value is -1.17. The van der Waals surface area contributed by atoms with Crippen LogP contribution >= 0.6 is 11.3 Å². The number of rotatable bonds is 6. The summed E-state index contributed by atoms with van der Waals surface area (Å²) in [5.74, 6) is 0.165. The fraction of sp³-hybridized carbons (Fsp3) is 0.700. The predicted octanol–water partition coefficient (Wildman–Crippen LogP) is 1.32. The highest BCUT2D eigenvalue weighted by atomic mass is 32.1. The molecule has 1 aliphatic carbocycles. The van der Waals surface area contributed by atoms with Crippen LogP contribution < -0.4 is 10.6 Å².